The summed E-state index contributed by atoms with van der Waals surface area (Å²) in [7, 11) is 0. The second-order valence-corrected chi connectivity index (χ2v) is 6.84. The lowest BCUT2D eigenvalue weighted by molar-refractivity contribution is 0.685. The molecule has 0 spiro atoms. The minimum absolute atomic E-state index is 0.590. The Morgan fingerprint density at radius 2 is 1.38 bits per heavy atom. The van der Waals surface area contributed by atoms with Crippen molar-refractivity contribution in [1.29, 1.82) is 0 Å². The summed E-state index contributed by atoms with van der Waals surface area (Å²) < 4.78 is 0. The van der Waals surface area contributed by atoms with Gasteiger partial charge in [-0.2, -0.15) is 0 Å². The lowest BCUT2D eigenvalue weighted by Crippen LogP contribution is -1.98. The monoisotopic (exact) mass is 314 g/mol. The molecule has 1 aliphatic rings. The van der Waals surface area contributed by atoms with Crippen LogP contribution in [0.25, 0.3) is 11.1 Å². The Bertz CT molecular complexity index is 773. The topological polar surface area (TPSA) is 0 Å². The fraction of sp³-hybridized carbons (Fsp3) is 0.250. The number of hydrogen-bond acceptors (Lipinski definition) is 0. The van der Waals surface area contributed by atoms with Crippen molar-refractivity contribution in [2.45, 2.75) is 33.6 Å². The number of benzene rings is 2. The molecular weight excluding hydrogens is 288 g/mol. The quantitative estimate of drug-likeness (QED) is 0.528. The Labute approximate surface area is 146 Å². The van der Waals surface area contributed by atoms with Crippen LogP contribution in [0.1, 0.15) is 44.7 Å². The largest absolute Gasteiger partial charge is 0.0761 e. The highest BCUT2D eigenvalue weighted by molar-refractivity contribution is 5.84. The molecule has 1 unspecified atom stereocenters. The SMILES string of the molecule is CC1=C(C)C(C)CC=C(c2ccccc2)C=C(c2ccccc2)C1. The molecule has 1 aliphatic carbocycles. The Morgan fingerprint density at radius 3 is 2.00 bits per heavy atom. The third-order valence-electron chi connectivity index (χ3n) is 5.14. The zero-order valence-corrected chi connectivity index (χ0v) is 14.9. The number of allylic oxidation sites excluding steroid dienone is 6. The molecule has 122 valence electrons. The van der Waals surface area contributed by atoms with E-state index in [1.54, 1.807) is 0 Å². The predicted octanol–water partition coefficient (Wildman–Crippen LogP) is 6.92. The molecule has 2 aromatic carbocycles. The second-order valence-electron chi connectivity index (χ2n) is 6.84. The van der Waals surface area contributed by atoms with E-state index in [0.717, 1.165) is 12.8 Å². The summed E-state index contributed by atoms with van der Waals surface area (Å²) in [6.45, 7) is 6.92. The molecule has 0 radical (unpaired) electrons. The van der Waals surface area contributed by atoms with Crippen LogP contribution in [0.3, 0.4) is 0 Å². The Kier molecular flexibility index (Phi) is 5.15. The van der Waals surface area contributed by atoms with Crippen molar-refractivity contribution in [3.8, 4) is 0 Å². The van der Waals surface area contributed by atoms with Crippen molar-refractivity contribution < 1.29 is 0 Å². The van der Waals surface area contributed by atoms with Crippen molar-refractivity contribution in [2.75, 3.05) is 0 Å². The van der Waals surface area contributed by atoms with Gasteiger partial charge in [0.25, 0.3) is 0 Å². The molecule has 0 heteroatoms. The van der Waals surface area contributed by atoms with Crippen LogP contribution in [0.5, 0.6) is 0 Å². The van der Waals surface area contributed by atoms with Crippen LogP contribution in [-0.4, -0.2) is 0 Å². The highest BCUT2D eigenvalue weighted by Crippen LogP contribution is 2.33. The van der Waals surface area contributed by atoms with Crippen molar-refractivity contribution in [1.82, 2.24) is 0 Å². The maximum atomic E-state index is 2.41. The summed E-state index contributed by atoms with van der Waals surface area (Å²) >= 11 is 0. The van der Waals surface area contributed by atoms with Crippen LogP contribution in [0.2, 0.25) is 0 Å². The first-order chi connectivity index (χ1) is 11.6. The van der Waals surface area contributed by atoms with Gasteiger partial charge < -0.3 is 0 Å². The van der Waals surface area contributed by atoms with Gasteiger partial charge in [-0.05, 0) is 54.9 Å². The van der Waals surface area contributed by atoms with Crippen molar-refractivity contribution in [2.24, 2.45) is 5.92 Å². The Balaban J connectivity index is 2.11. The van der Waals surface area contributed by atoms with E-state index in [2.05, 4.69) is 93.6 Å². The summed E-state index contributed by atoms with van der Waals surface area (Å²) in [5, 5.41) is 0. The van der Waals surface area contributed by atoms with Crippen LogP contribution in [-0.2, 0) is 0 Å². The average molecular weight is 314 g/mol. The van der Waals surface area contributed by atoms with Crippen molar-refractivity contribution in [3.05, 3.63) is 95.1 Å². The van der Waals surface area contributed by atoms with E-state index in [-0.39, 0.29) is 0 Å². The highest BCUT2D eigenvalue weighted by atomic mass is 14.2. The molecule has 0 saturated heterocycles. The normalized spacial score (nSPS) is 19.0. The van der Waals surface area contributed by atoms with Gasteiger partial charge in [0, 0.05) is 0 Å². The summed E-state index contributed by atoms with van der Waals surface area (Å²) in [6, 6.07) is 21.5. The number of rotatable bonds is 2. The van der Waals surface area contributed by atoms with Crippen LogP contribution in [0.15, 0.2) is 84.0 Å². The van der Waals surface area contributed by atoms with E-state index in [1.165, 1.54) is 33.4 Å². The Morgan fingerprint density at radius 1 is 0.792 bits per heavy atom. The van der Waals surface area contributed by atoms with E-state index in [4.69, 9.17) is 0 Å². The average Bonchev–Trinajstić information content (AvgIpc) is 2.68. The fourth-order valence-electron chi connectivity index (χ4n) is 3.29. The first-order valence-electron chi connectivity index (χ1n) is 8.83. The molecule has 0 amide bonds. The zero-order chi connectivity index (χ0) is 16.9. The molecule has 0 saturated carbocycles. The van der Waals surface area contributed by atoms with Gasteiger partial charge in [0.1, 0.15) is 0 Å². The van der Waals surface area contributed by atoms with Gasteiger partial charge in [0.05, 0.1) is 0 Å². The third kappa shape index (κ3) is 3.76. The molecule has 0 fully saturated rings. The maximum Gasteiger partial charge on any atom is -0.00610 e. The van der Waals surface area contributed by atoms with Crippen LogP contribution >= 0.6 is 0 Å². The van der Waals surface area contributed by atoms with Crippen LogP contribution in [0, 0.1) is 5.92 Å². The van der Waals surface area contributed by atoms with Crippen LogP contribution < -0.4 is 0 Å². The summed E-state index contributed by atoms with van der Waals surface area (Å²) in [5.74, 6) is 0.590. The molecule has 0 N–H and O–H groups in total. The maximum absolute atomic E-state index is 2.41. The van der Waals surface area contributed by atoms with Crippen LogP contribution in [0.4, 0.5) is 0 Å². The molecule has 0 bridgehead atoms. The first-order valence-corrected chi connectivity index (χ1v) is 8.83. The van der Waals surface area contributed by atoms with Gasteiger partial charge in [-0.1, -0.05) is 90.9 Å². The molecular formula is C24H26. The van der Waals surface area contributed by atoms with Gasteiger partial charge in [0.15, 0.2) is 0 Å². The van der Waals surface area contributed by atoms with Gasteiger partial charge in [-0.25, -0.2) is 0 Å². The smallest absolute Gasteiger partial charge is 0.00610 e. The third-order valence-corrected chi connectivity index (χ3v) is 5.14. The summed E-state index contributed by atoms with van der Waals surface area (Å²) in [5.41, 5.74) is 8.39. The van der Waals surface area contributed by atoms with Gasteiger partial charge >= 0.3 is 0 Å². The second kappa shape index (κ2) is 7.49. The van der Waals surface area contributed by atoms with Crippen molar-refractivity contribution >= 4 is 11.1 Å². The molecule has 0 aromatic heterocycles. The molecule has 1 atom stereocenters. The highest BCUT2D eigenvalue weighted by Gasteiger charge is 2.13. The molecule has 0 heterocycles. The van der Waals surface area contributed by atoms with E-state index in [1.807, 2.05) is 0 Å². The van der Waals surface area contributed by atoms with Gasteiger partial charge in [-0.15, -0.1) is 0 Å². The van der Waals surface area contributed by atoms with E-state index >= 15 is 0 Å². The molecule has 24 heavy (non-hydrogen) atoms. The predicted molar refractivity (Wildman–Crippen MR) is 106 cm³/mol. The summed E-state index contributed by atoms with van der Waals surface area (Å²) in [6.07, 6.45) is 6.90. The van der Waals surface area contributed by atoms with E-state index < -0.39 is 0 Å². The molecule has 0 aliphatic heterocycles. The minimum atomic E-state index is 0.590. The molecule has 2 aromatic rings. The van der Waals surface area contributed by atoms with Gasteiger partial charge in [0.2, 0.25) is 0 Å². The minimum Gasteiger partial charge on any atom is -0.0761 e. The summed E-state index contributed by atoms with van der Waals surface area (Å²) in [4.78, 5) is 0. The lowest BCUT2D eigenvalue weighted by atomic mass is 9.91. The lowest BCUT2D eigenvalue weighted by Gasteiger charge is -2.14. The molecule has 0 nitrogen and oxygen atoms in total. The van der Waals surface area contributed by atoms with E-state index in [9.17, 15) is 0 Å². The zero-order valence-electron chi connectivity index (χ0n) is 14.9. The van der Waals surface area contributed by atoms with E-state index in [0.29, 0.717) is 5.92 Å². The fourth-order valence-corrected chi connectivity index (χ4v) is 3.29. The first kappa shape index (κ1) is 16.5. The Hall–Kier alpha value is -2.34. The standard InChI is InChI=1S/C24H26/c1-18-14-15-23(21-10-6-4-7-11-21)17-24(16-19(2)20(18)3)22-12-8-5-9-13-22/h4-13,15,17-18H,14,16H2,1-3H3. The molecule has 3 rings (SSSR count). The number of hydrogen-bond donors (Lipinski definition) is 0. The van der Waals surface area contributed by atoms with Gasteiger partial charge in [-0.3, -0.25) is 0 Å². The van der Waals surface area contributed by atoms with Crippen molar-refractivity contribution in [3.63, 3.8) is 0 Å².